The Labute approximate surface area is 69.6 Å². The topological polar surface area (TPSA) is 69.7 Å². The molecular formula is C7H10O5. The van der Waals surface area contributed by atoms with Gasteiger partial charge in [-0.15, -0.1) is 0 Å². The van der Waals surface area contributed by atoms with Crippen LogP contribution in [-0.2, 0) is 23.9 Å². The van der Waals surface area contributed by atoms with Gasteiger partial charge in [0.25, 0.3) is 0 Å². The van der Waals surface area contributed by atoms with Crippen molar-refractivity contribution in [2.75, 3.05) is 14.2 Å². The minimum atomic E-state index is -1.05. The monoisotopic (exact) mass is 174 g/mol. The summed E-state index contributed by atoms with van der Waals surface area (Å²) >= 11 is 0. The molecule has 12 heavy (non-hydrogen) atoms. The average molecular weight is 174 g/mol. The Kier molecular flexibility index (Phi) is 4.67. The molecule has 0 heterocycles. The van der Waals surface area contributed by atoms with Crippen LogP contribution in [0.2, 0.25) is 0 Å². The second-order valence-electron chi connectivity index (χ2n) is 2.05. The minimum absolute atomic E-state index is 0.271. The molecule has 0 amide bonds. The van der Waals surface area contributed by atoms with Gasteiger partial charge in [-0.25, -0.2) is 0 Å². The van der Waals surface area contributed by atoms with Crippen molar-refractivity contribution < 1.29 is 23.9 Å². The lowest BCUT2D eigenvalue weighted by molar-refractivity contribution is -0.153. The summed E-state index contributed by atoms with van der Waals surface area (Å²) in [5, 5.41) is 0. The fraction of sp³-hybridized carbons (Fsp3) is 0.571. The maximum absolute atomic E-state index is 10.7. The van der Waals surface area contributed by atoms with Crippen molar-refractivity contribution >= 4 is 18.2 Å². The molecule has 5 heteroatoms. The molecule has 0 aromatic rings. The standard InChI is InChI=1S/C7H10O5/c1-11-6(9)3-5(4-8)7(10)12-2/h4-5H,3H2,1-2H3/t5-/m0/s1. The molecule has 0 unspecified atom stereocenters. The first kappa shape index (κ1) is 10.6. The first-order valence-electron chi connectivity index (χ1n) is 3.25. The van der Waals surface area contributed by atoms with E-state index in [4.69, 9.17) is 0 Å². The van der Waals surface area contributed by atoms with Crippen molar-refractivity contribution in [1.82, 2.24) is 0 Å². The molecule has 0 aliphatic carbocycles. The molecule has 68 valence electrons. The van der Waals surface area contributed by atoms with Crippen LogP contribution in [0.1, 0.15) is 6.42 Å². The van der Waals surface area contributed by atoms with Crippen molar-refractivity contribution in [2.24, 2.45) is 5.92 Å². The molecule has 5 nitrogen and oxygen atoms in total. The van der Waals surface area contributed by atoms with Crippen LogP contribution in [0.15, 0.2) is 0 Å². The van der Waals surface area contributed by atoms with Crippen LogP contribution in [0, 0.1) is 5.92 Å². The second-order valence-corrected chi connectivity index (χ2v) is 2.05. The highest BCUT2D eigenvalue weighted by Gasteiger charge is 2.21. The van der Waals surface area contributed by atoms with E-state index in [2.05, 4.69) is 9.47 Å². The molecule has 0 spiro atoms. The van der Waals surface area contributed by atoms with E-state index in [0.29, 0.717) is 6.29 Å². The Hall–Kier alpha value is -1.39. The molecule has 1 atom stereocenters. The van der Waals surface area contributed by atoms with Gasteiger partial charge in [0.1, 0.15) is 12.2 Å². The summed E-state index contributed by atoms with van der Waals surface area (Å²) in [6, 6.07) is 0. The number of esters is 2. The summed E-state index contributed by atoms with van der Waals surface area (Å²) in [7, 11) is 2.33. The fourth-order valence-corrected chi connectivity index (χ4v) is 0.601. The zero-order chi connectivity index (χ0) is 9.56. The van der Waals surface area contributed by atoms with Gasteiger partial charge < -0.3 is 14.3 Å². The second kappa shape index (κ2) is 5.29. The number of rotatable bonds is 4. The summed E-state index contributed by atoms with van der Waals surface area (Å²) < 4.78 is 8.54. The predicted molar refractivity (Wildman–Crippen MR) is 38.2 cm³/mol. The molecule has 0 radical (unpaired) electrons. The average Bonchev–Trinajstić information content (AvgIpc) is 2.12. The summed E-state index contributed by atoms with van der Waals surface area (Å²) in [6.07, 6.45) is 0.0927. The summed E-state index contributed by atoms with van der Waals surface area (Å²) in [6.45, 7) is 0. The Balaban J connectivity index is 4.08. The lowest BCUT2D eigenvalue weighted by Gasteiger charge is -2.05. The van der Waals surface area contributed by atoms with Gasteiger partial charge in [-0.3, -0.25) is 9.59 Å². The molecule has 0 fully saturated rings. The smallest absolute Gasteiger partial charge is 0.316 e. The van der Waals surface area contributed by atoms with Crippen LogP contribution < -0.4 is 0 Å². The highest BCUT2D eigenvalue weighted by Crippen LogP contribution is 2.02. The SMILES string of the molecule is COC(=O)C[C@@H](C=O)C(=O)OC. The van der Waals surface area contributed by atoms with E-state index in [9.17, 15) is 14.4 Å². The number of ether oxygens (including phenoxy) is 2. The number of methoxy groups -OCH3 is 2. The van der Waals surface area contributed by atoms with E-state index in [1.54, 1.807) is 0 Å². The van der Waals surface area contributed by atoms with E-state index in [1.165, 1.54) is 7.11 Å². The van der Waals surface area contributed by atoms with Crippen LogP contribution in [0.5, 0.6) is 0 Å². The zero-order valence-electron chi connectivity index (χ0n) is 6.90. The van der Waals surface area contributed by atoms with E-state index in [1.807, 2.05) is 0 Å². The first-order valence-corrected chi connectivity index (χ1v) is 3.25. The van der Waals surface area contributed by atoms with Gasteiger partial charge in [0.15, 0.2) is 0 Å². The Morgan fingerprint density at radius 3 is 2.25 bits per heavy atom. The van der Waals surface area contributed by atoms with E-state index >= 15 is 0 Å². The molecule has 0 saturated carbocycles. The summed E-state index contributed by atoms with van der Waals surface area (Å²) in [5.74, 6) is -2.39. The third-order valence-electron chi connectivity index (χ3n) is 1.28. The lowest BCUT2D eigenvalue weighted by atomic mass is 10.1. The van der Waals surface area contributed by atoms with Crippen molar-refractivity contribution in [3.8, 4) is 0 Å². The lowest BCUT2D eigenvalue weighted by Crippen LogP contribution is -2.21. The molecule has 0 aliphatic rings. The summed E-state index contributed by atoms with van der Waals surface area (Å²) in [5.41, 5.74) is 0. The highest BCUT2D eigenvalue weighted by molar-refractivity contribution is 5.91. The van der Waals surface area contributed by atoms with E-state index in [-0.39, 0.29) is 6.42 Å². The molecule has 0 aliphatic heterocycles. The van der Waals surface area contributed by atoms with Crippen molar-refractivity contribution in [1.29, 1.82) is 0 Å². The van der Waals surface area contributed by atoms with Crippen LogP contribution in [-0.4, -0.2) is 32.4 Å². The largest absolute Gasteiger partial charge is 0.469 e. The van der Waals surface area contributed by atoms with E-state index in [0.717, 1.165) is 7.11 Å². The highest BCUT2D eigenvalue weighted by atomic mass is 16.5. The zero-order valence-corrected chi connectivity index (χ0v) is 6.90. The normalized spacial score (nSPS) is 11.5. The molecule has 0 aromatic carbocycles. The Morgan fingerprint density at radius 1 is 1.33 bits per heavy atom. The van der Waals surface area contributed by atoms with Crippen LogP contribution in [0.25, 0.3) is 0 Å². The van der Waals surface area contributed by atoms with Gasteiger partial charge in [0.05, 0.1) is 20.6 Å². The van der Waals surface area contributed by atoms with E-state index < -0.39 is 17.9 Å². The van der Waals surface area contributed by atoms with Gasteiger partial charge in [-0.05, 0) is 0 Å². The van der Waals surface area contributed by atoms with Gasteiger partial charge >= 0.3 is 11.9 Å². The maximum Gasteiger partial charge on any atom is 0.316 e. The van der Waals surface area contributed by atoms with Gasteiger partial charge in [0, 0.05) is 0 Å². The number of carbonyl (C=O) groups excluding carboxylic acids is 3. The number of carbonyl (C=O) groups is 3. The molecule has 0 bridgehead atoms. The van der Waals surface area contributed by atoms with Gasteiger partial charge in [-0.2, -0.15) is 0 Å². The van der Waals surface area contributed by atoms with Crippen LogP contribution in [0.3, 0.4) is 0 Å². The molecular weight excluding hydrogens is 164 g/mol. The number of hydrogen-bond acceptors (Lipinski definition) is 5. The molecule has 0 rings (SSSR count). The van der Waals surface area contributed by atoms with Crippen molar-refractivity contribution in [3.63, 3.8) is 0 Å². The predicted octanol–water partition coefficient (Wildman–Crippen LogP) is -0.462. The fourth-order valence-electron chi connectivity index (χ4n) is 0.601. The third-order valence-corrected chi connectivity index (χ3v) is 1.28. The molecule has 0 N–H and O–H groups in total. The quantitative estimate of drug-likeness (QED) is 0.327. The Bertz CT molecular complexity index is 186. The maximum atomic E-state index is 10.7. The van der Waals surface area contributed by atoms with Crippen molar-refractivity contribution in [3.05, 3.63) is 0 Å². The van der Waals surface area contributed by atoms with Gasteiger partial charge in [0.2, 0.25) is 0 Å². The third kappa shape index (κ3) is 3.14. The molecule has 0 aromatic heterocycles. The Morgan fingerprint density at radius 2 is 1.92 bits per heavy atom. The van der Waals surface area contributed by atoms with Crippen LogP contribution in [0.4, 0.5) is 0 Å². The van der Waals surface area contributed by atoms with Crippen LogP contribution >= 0.6 is 0 Å². The summed E-state index contributed by atoms with van der Waals surface area (Å²) in [4.78, 5) is 31.6. The molecule has 0 saturated heterocycles. The van der Waals surface area contributed by atoms with Gasteiger partial charge in [-0.1, -0.05) is 0 Å². The van der Waals surface area contributed by atoms with Crippen molar-refractivity contribution in [2.45, 2.75) is 6.42 Å². The number of aldehydes is 1. The number of hydrogen-bond donors (Lipinski definition) is 0. The first-order chi connectivity index (χ1) is 5.65. The minimum Gasteiger partial charge on any atom is -0.469 e.